The summed E-state index contributed by atoms with van der Waals surface area (Å²) in [5, 5.41) is 36.4. The van der Waals surface area contributed by atoms with E-state index in [1.165, 1.54) is 10.8 Å². The standard InChI is InChI=1S/C10H8.C6H8O7/c1-2-6-10-8-4-3-7-9(10)5-1;7-3(8)1-6(13,5(11)12)2-4(9)10/h1-8H;13H,1-2H2,(H,7,8)(H,9,10)(H,11,12). The maximum atomic E-state index is 10.3. The third-order valence-corrected chi connectivity index (χ3v) is 2.94. The Morgan fingerprint density at radius 3 is 1.26 bits per heavy atom. The topological polar surface area (TPSA) is 132 Å². The van der Waals surface area contributed by atoms with Gasteiger partial charge in [0, 0.05) is 0 Å². The molecule has 0 aromatic heterocycles. The minimum absolute atomic E-state index is 1.14. The van der Waals surface area contributed by atoms with Gasteiger partial charge in [-0.15, -0.1) is 0 Å². The molecule has 7 heteroatoms. The second-order valence-corrected chi connectivity index (χ2v) is 4.82. The molecule has 0 heterocycles. The fourth-order valence-electron chi connectivity index (χ4n) is 1.85. The van der Waals surface area contributed by atoms with Crippen molar-refractivity contribution in [3.05, 3.63) is 48.5 Å². The van der Waals surface area contributed by atoms with Crippen LogP contribution in [0, 0.1) is 0 Å². The van der Waals surface area contributed by atoms with E-state index in [0.29, 0.717) is 0 Å². The molecule has 0 unspecified atom stereocenters. The molecule has 2 aromatic rings. The molecule has 0 atom stereocenters. The lowest BCUT2D eigenvalue weighted by molar-refractivity contribution is -0.170. The number of hydrogen-bond acceptors (Lipinski definition) is 4. The molecule has 0 bridgehead atoms. The van der Waals surface area contributed by atoms with Gasteiger partial charge in [0.2, 0.25) is 0 Å². The third kappa shape index (κ3) is 5.76. The summed E-state index contributed by atoms with van der Waals surface area (Å²) in [5.74, 6) is -5.02. The molecule has 23 heavy (non-hydrogen) atoms. The Hall–Kier alpha value is -2.93. The van der Waals surface area contributed by atoms with Gasteiger partial charge in [0.05, 0.1) is 12.8 Å². The summed E-state index contributed by atoms with van der Waals surface area (Å²) in [7, 11) is 0. The zero-order chi connectivity index (χ0) is 17.5. The van der Waals surface area contributed by atoms with Crippen LogP contribution < -0.4 is 0 Å². The van der Waals surface area contributed by atoms with E-state index in [0.717, 1.165) is 0 Å². The monoisotopic (exact) mass is 320 g/mol. The first-order chi connectivity index (χ1) is 10.7. The average molecular weight is 320 g/mol. The normalized spacial score (nSPS) is 10.5. The number of carboxylic acid groups (broad SMARTS) is 3. The van der Waals surface area contributed by atoms with Crippen LogP contribution in [0.1, 0.15) is 12.8 Å². The molecule has 0 spiro atoms. The molecule has 122 valence electrons. The molecule has 0 fully saturated rings. The number of carboxylic acids is 3. The average Bonchev–Trinajstić information content (AvgIpc) is 2.46. The van der Waals surface area contributed by atoms with Gasteiger partial charge in [-0.2, -0.15) is 0 Å². The second kappa shape index (κ2) is 7.90. The van der Waals surface area contributed by atoms with E-state index in [2.05, 4.69) is 48.5 Å². The van der Waals surface area contributed by atoms with Crippen molar-refractivity contribution in [1.29, 1.82) is 0 Å². The first-order valence-electron chi connectivity index (χ1n) is 6.58. The highest BCUT2D eigenvalue weighted by molar-refractivity contribution is 5.88. The smallest absolute Gasteiger partial charge is 0.336 e. The Morgan fingerprint density at radius 1 is 0.739 bits per heavy atom. The molecule has 0 aliphatic carbocycles. The van der Waals surface area contributed by atoms with Gasteiger partial charge in [-0.05, 0) is 10.8 Å². The Kier molecular flexibility index (Phi) is 6.23. The molecule has 7 nitrogen and oxygen atoms in total. The van der Waals surface area contributed by atoms with Gasteiger partial charge in [-0.3, -0.25) is 9.59 Å². The van der Waals surface area contributed by atoms with E-state index in [1.54, 1.807) is 0 Å². The second-order valence-electron chi connectivity index (χ2n) is 4.82. The van der Waals surface area contributed by atoms with Crippen molar-refractivity contribution in [2.24, 2.45) is 0 Å². The minimum Gasteiger partial charge on any atom is -0.481 e. The van der Waals surface area contributed by atoms with Crippen LogP contribution in [0.2, 0.25) is 0 Å². The Balaban J connectivity index is 0.000000235. The van der Waals surface area contributed by atoms with Crippen molar-refractivity contribution in [3.63, 3.8) is 0 Å². The first-order valence-corrected chi connectivity index (χ1v) is 6.58. The molecule has 2 rings (SSSR count). The van der Waals surface area contributed by atoms with Crippen molar-refractivity contribution in [2.75, 3.05) is 0 Å². The summed E-state index contributed by atoms with van der Waals surface area (Å²) in [5.41, 5.74) is -2.74. The Bertz CT molecular complexity index is 627. The summed E-state index contributed by atoms with van der Waals surface area (Å²) in [6, 6.07) is 16.7. The van der Waals surface area contributed by atoms with E-state index < -0.39 is 36.4 Å². The van der Waals surface area contributed by atoms with Crippen LogP contribution in [0.15, 0.2) is 48.5 Å². The van der Waals surface area contributed by atoms with Crippen LogP contribution in [0.4, 0.5) is 0 Å². The fourth-order valence-corrected chi connectivity index (χ4v) is 1.85. The number of aliphatic hydroxyl groups is 1. The van der Waals surface area contributed by atoms with E-state index in [9.17, 15) is 14.4 Å². The molecule has 0 amide bonds. The van der Waals surface area contributed by atoms with Crippen LogP contribution in [-0.4, -0.2) is 43.9 Å². The maximum absolute atomic E-state index is 10.3. The molecular weight excluding hydrogens is 304 g/mol. The van der Waals surface area contributed by atoms with Crippen LogP contribution in [0.3, 0.4) is 0 Å². The summed E-state index contributed by atoms with van der Waals surface area (Å²) >= 11 is 0. The summed E-state index contributed by atoms with van der Waals surface area (Å²) in [6.45, 7) is 0. The molecule has 4 N–H and O–H groups in total. The van der Waals surface area contributed by atoms with Gasteiger partial charge in [0.1, 0.15) is 0 Å². The largest absolute Gasteiger partial charge is 0.481 e. The number of benzene rings is 2. The molecule has 0 radical (unpaired) electrons. The number of hydrogen-bond donors (Lipinski definition) is 4. The van der Waals surface area contributed by atoms with E-state index in [1.807, 2.05) is 0 Å². The third-order valence-electron chi connectivity index (χ3n) is 2.94. The summed E-state index contributed by atoms with van der Waals surface area (Å²) in [6.07, 6.45) is -2.29. The zero-order valence-electron chi connectivity index (χ0n) is 12.0. The molecular formula is C16H16O7. The quantitative estimate of drug-likeness (QED) is 0.657. The van der Waals surface area contributed by atoms with Crippen molar-refractivity contribution in [3.8, 4) is 0 Å². The van der Waals surface area contributed by atoms with Crippen molar-refractivity contribution < 1.29 is 34.8 Å². The number of carbonyl (C=O) groups is 3. The Morgan fingerprint density at radius 2 is 1.04 bits per heavy atom. The number of aliphatic carboxylic acids is 3. The van der Waals surface area contributed by atoms with Gasteiger partial charge in [-0.1, -0.05) is 48.5 Å². The lowest BCUT2D eigenvalue weighted by Gasteiger charge is -2.18. The Labute approximate surface area is 131 Å². The fraction of sp³-hybridized carbons (Fsp3) is 0.188. The van der Waals surface area contributed by atoms with Crippen LogP contribution in [-0.2, 0) is 14.4 Å². The lowest BCUT2D eigenvalue weighted by atomic mass is 9.96. The van der Waals surface area contributed by atoms with Gasteiger partial charge in [0.25, 0.3) is 0 Å². The van der Waals surface area contributed by atoms with Crippen LogP contribution >= 0.6 is 0 Å². The first kappa shape index (κ1) is 18.1. The van der Waals surface area contributed by atoms with Crippen molar-refractivity contribution >= 4 is 28.7 Å². The SMILES string of the molecule is O=C(O)CC(O)(CC(=O)O)C(=O)O.c1ccc2ccccc2c1. The summed E-state index contributed by atoms with van der Waals surface area (Å²) in [4.78, 5) is 30.5. The number of rotatable bonds is 5. The van der Waals surface area contributed by atoms with E-state index in [4.69, 9.17) is 20.4 Å². The molecule has 0 saturated carbocycles. The van der Waals surface area contributed by atoms with E-state index >= 15 is 0 Å². The molecule has 0 aliphatic rings. The summed E-state index contributed by atoms with van der Waals surface area (Å²) < 4.78 is 0. The molecule has 0 saturated heterocycles. The predicted molar refractivity (Wildman–Crippen MR) is 81.0 cm³/mol. The van der Waals surface area contributed by atoms with Crippen LogP contribution in [0.25, 0.3) is 10.8 Å². The highest BCUT2D eigenvalue weighted by Crippen LogP contribution is 2.15. The van der Waals surface area contributed by atoms with Crippen molar-refractivity contribution in [1.82, 2.24) is 0 Å². The molecule has 2 aromatic carbocycles. The van der Waals surface area contributed by atoms with Gasteiger partial charge in [-0.25, -0.2) is 4.79 Å². The number of fused-ring (bicyclic) bond motifs is 1. The van der Waals surface area contributed by atoms with E-state index in [-0.39, 0.29) is 0 Å². The maximum Gasteiger partial charge on any atom is 0.336 e. The van der Waals surface area contributed by atoms with Gasteiger partial charge >= 0.3 is 17.9 Å². The minimum atomic E-state index is -2.74. The zero-order valence-corrected chi connectivity index (χ0v) is 12.0. The highest BCUT2D eigenvalue weighted by Gasteiger charge is 2.40. The van der Waals surface area contributed by atoms with Crippen molar-refractivity contribution in [2.45, 2.75) is 18.4 Å². The van der Waals surface area contributed by atoms with Crippen LogP contribution in [0.5, 0.6) is 0 Å². The predicted octanol–water partition coefficient (Wildman–Crippen LogP) is 1.59. The highest BCUT2D eigenvalue weighted by atomic mass is 16.4. The van der Waals surface area contributed by atoms with Gasteiger partial charge < -0.3 is 20.4 Å². The lowest BCUT2D eigenvalue weighted by Crippen LogP contribution is -2.42. The molecule has 0 aliphatic heterocycles. The van der Waals surface area contributed by atoms with Gasteiger partial charge in [0.15, 0.2) is 5.60 Å².